The molecule has 24 heavy (non-hydrogen) atoms. The van der Waals surface area contributed by atoms with E-state index in [1.807, 2.05) is 0 Å². The molecule has 2 aromatic rings. The van der Waals surface area contributed by atoms with E-state index in [0.717, 1.165) is 6.07 Å². The van der Waals surface area contributed by atoms with E-state index in [9.17, 15) is 18.3 Å². The van der Waals surface area contributed by atoms with Crippen LogP contribution in [0.25, 0.3) is 0 Å². The second-order valence-corrected chi connectivity index (χ2v) is 5.87. The minimum atomic E-state index is -4.48. The van der Waals surface area contributed by atoms with Gasteiger partial charge in [0.2, 0.25) is 5.95 Å². The van der Waals surface area contributed by atoms with Gasteiger partial charge in [0, 0.05) is 5.56 Å². The second kappa shape index (κ2) is 5.94. The normalized spacial score (nSPS) is 17.6. The molecule has 3 rings (SSSR count). The van der Waals surface area contributed by atoms with Crippen LogP contribution in [0.5, 0.6) is 0 Å². The zero-order valence-electron chi connectivity index (χ0n) is 12.8. The maximum absolute atomic E-state index is 13.4. The largest absolute Gasteiger partial charge is 0.416 e. The molecule has 1 aromatic carbocycles. The Labute approximate surface area is 136 Å². The third kappa shape index (κ3) is 2.89. The van der Waals surface area contributed by atoms with E-state index < -0.39 is 24.3 Å². The fourth-order valence-electron chi connectivity index (χ4n) is 3.38. The molecule has 0 fully saturated rings. The molecule has 1 aliphatic rings. The van der Waals surface area contributed by atoms with Gasteiger partial charge in [-0.05, 0) is 42.4 Å². The van der Waals surface area contributed by atoms with Crippen molar-refractivity contribution in [2.45, 2.75) is 38.0 Å². The topological polar surface area (TPSA) is 98.0 Å². The van der Waals surface area contributed by atoms with E-state index in [4.69, 9.17) is 11.5 Å². The van der Waals surface area contributed by atoms with Gasteiger partial charge >= 0.3 is 6.18 Å². The summed E-state index contributed by atoms with van der Waals surface area (Å²) in [6, 6.07) is 3.88. The summed E-state index contributed by atoms with van der Waals surface area (Å²) in [5, 5.41) is 9.49. The summed E-state index contributed by atoms with van der Waals surface area (Å²) in [5.74, 6) is -0.138. The standard InChI is InChI=1S/C16H17F3N4O/c17-16(18,19)11-3-1-2-9(7-24)13(11)8-4-5-12-10(6-8)14(20)23-15(21)22-12/h1-3,8,24H,4-7H2,(H4,20,21,22,23). The molecule has 8 heteroatoms. The molecule has 1 unspecified atom stereocenters. The molecule has 0 saturated carbocycles. The first-order valence-corrected chi connectivity index (χ1v) is 7.51. The third-order valence-corrected chi connectivity index (χ3v) is 4.40. The van der Waals surface area contributed by atoms with Gasteiger partial charge in [-0.3, -0.25) is 0 Å². The maximum Gasteiger partial charge on any atom is 0.416 e. The summed E-state index contributed by atoms with van der Waals surface area (Å²) in [4.78, 5) is 8.03. The number of anilines is 2. The van der Waals surface area contributed by atoms with Crippen LogP contribution in [0.2, 0.25) is 0 Å². The van der Waals surface area contributed by atoms with E-state index >= 15 is 0 Å². The van der Waals surface area contributed by atoms with Crippen molar-refractivity contribution in [2.75, 3.05) is 11.5 Å². The number of hydrogen-bond acceptors (Lipinski definition) is 5. The van der Waals surface area contributed by atoms with Crippen molar-refractivity contribution in [1.29, 1.82) is 0 Å². The molecular weight excluding hydrogens is 321 g/mol. The Morgan fingerprint density at radius 2 is 1.96 bits per heavy atom. The highest BCUT2D eigenvalue weighted by atomic mass is 19.4. The Balaban J connectivity index is 2.08. The lowest BCUT2D eigenvalue weighted by Crippen LogP contribution is -2.22. The lowest BCUT2D eigenvalue weighted by atomic mass is 9.78. The molecule has 0 radical (unpaired) electrons. The van der Waals surface area contributed by atoms with Gasteiger partial charge in [-0.1, -0.05) is 12.1 Å². The van der Waals surface area contributed by atoms with Crippen LogP contribution >= 0.6 is 0 Å². The Bertz CT molecular complexity index is 777. The van der Waals surface area contributed by atoms with Crippen LogP contribution in [0.1, 0.15) is 40.3 Å². The van der Waals surface area contributed by atoms with Crippen molar-refractivity contribution in [3.05, 3.63) is 46.1 Å². The number of aliphatic hydroxyl groups excluding tert-OH is 1. The number of alkyl halides is 3. The monoisotopic (exact) mass is 338 g/mol. The molecule has 128 valence electrons. The Morgan fingerprint density at radius 3 is 2.62 bits per heavy atom. The van der Waals surface area contributed by atoms with Crippen molar-refractivity contribution >= 4 is 11.8 Å². The van der Waals surface area contributed by atoms with Crippen LogP contribution in [0, 0.1) is 0 Å². The first kappa shape index (κ1) is 16.5. The number of aliphatic hydroxyl groups is 1. The quantitative estimate of drug-likeness (QED) is 0.781. The highest BCUT2D eigenvalue weighted by Gasteiger charge is 2.37. The molecule has 1 aliphatic carbocycles. The highest BCUT2D eigenvalue weighted by Crippen LogP contribution is 2.42. The molecule has 1 aromatic heterocycles. The van der Waals surface area contributed by atoms with Gasteiger partial charge in [-0.25, -0.2) is 4.98 Å². The number of fused-ring (bicyclic) bond motifs is 1. The molecule has 0 bridgehead atoms. The number of aryl methyl sites for hydroxylation is 1. The van der Waals surface area contributed by atoms with Crippen LogP contribution in [0.4, 0.5) is 24.9 Å². The number of rotatable bonds is 2. The van der Waals surface area contributed by atoms with Crippen molar-refractivity contribution in [1.82, 2.24) is 9.97 Å². The van der Waals surface area contributed by atoms with Crippen LogP contribution in [0.15, 0.2) is 18.2 Å². The predicted molar refractivity (Wildman–Crippen MR) is 83.0 cm³/mol. The molecule has 0 aliphatic heterocycles. The van der Waals surface area contributed by atoms with Gasteiger partial charge in [-0.15, -0.1) is 0 Å². The molecular formula is C16H17F3N4O. The molecule has 0 spiro atoms. The summed E-state index contributed by atoms with van der Waals surface area (Å²) < 4.78 is 40.2. The van der Waals surface area contributed by atoms with Crippen LogP contribution in [-0.4, -0.2) is 15.1 Å². The number of nitrogens with two attached hydrogens (primary N) is 2. The van der Waals surface area contributed by atoms with Crippen molar-refractivity contribution in [3.63, 3.8) is 0 Å². The van der Waals surface area contributed by atoms with Gasteiger partial charge in [0.25, 0.3) is 0 Å². The number of nitrogens with zero attached hydrogens (tertiary/aromatic N) is 2. The number of benzene rings is 1. The minimum absolute atomic E-state index is 0.0661. The Morgan fingerprint density at radius 1 is 1.21 bits per heavy atom. The van der Waals surface area contributed by atoms with E-state index in [1.54, 1.807) is 0 Å². The lowest BCUT2D eigenvalue weighted by molar-refractivity contribution is -0.138. The lowest BCUT2D eigenvalue weighted by Gasteiger charge is -2.29. The average molecular weight is 338 g/mol. The third-order valence-electron chi connectivity index (χ3n) is 4.40. The summed E-state index contributed by atoms with van der Waals surface area (Å²) >= 11 is 0. The van der Waals surface area contributed by atoms with Gasteiger partial charge in [-0.2, -0.15) is 18.2 Å². The second-order valence-electron chi connectivity index (χ2n) is 5.87. The fraction of sp³-hybridized carbons (Fsp3) is 0.375. The number of hydrogen-bond donors (Lipinski definition) is 3. The predicted octanol–water partition coefficient (Wildman–Crippen LogP) is 2.42. The molecule has 5 N–H and O–H groups in total. The Kier molecular flexibility index (Phi) is 4.08. The molecule has 0 saturated heterocycles. The number of halogens is 3. The zero-order valence-corrected chi connectivity index (χ0v) is 12.8. The van der Waals surface area contributed by atoms with Crippen LogP contribution in [-0.2, 0) is 25.6 Å². The fourth-order valence-corrected chi connectivity index (χ4v) is 3.38. The van der Waals surface area contributed by atoms with Crippen molar-refractivity contribution in [2.24, 2.45) is 0 Å². The SMILES string of the molecule is Nc1nc(N)c2c(n1)CCC(c1c(CO)cccc1C(F)(F)F)C2. The van der Waals surface area contributed by atoms with Gasteiger partial charge in [0.1, 0.15) is 5.82 Å². The van der Waals surface area contributed by atoms with Crippen LogP contribution < -0.4 is 11.5 Å². The first-order chi connectivity index (χ1) is 11.3. The summed E-state index contributed by atoms with van der Waals surface area (Å²) in [7, 11) is 0. The summed E-state index contributed by atoms with van der Waals surface area (Å²) in [6.45, 7) is -0.448. The average Bonchev–Trinajstić information content (AvgIpc) is 2.53. The van der Waals surface area contributed by atoms with Gasteiger partial charge < -0.3 is 16.6 Å². The zero-order chi connectivity index (χ0) is 17.5. The first-order valence-electron chi connectivity index (χ1n) is 7.51. The van der Waals surface area contributed by atoms with E-state index in [1.165, 1.54) is 12.1 Å². The van der Waals surface area contributed by atoms with Crippen molar-refractivity contribution in [3.8, 4) is 0 Å². The van der Waals surface area contributed by atoms with Crippen LogP contribution in [0.3, 0.4) is 0 Å². The summed E-state index contributed by atoms with van der Waals surface area (Å²) in [5.41, 5.74) is 12.5. The van der Waals surface area contributed by atoms with E-state index in [2.05, 4.69) is 9.97 Å². The van der Waals surface area contributed by atoms with E-state index in [0.29, 0.717) is 30.5 Å². The summed E-state index contributed by atoms with van der Waals surface area (Å²) in [6.07, 6.45) is -3.25. The number of nitrogen functional groups attached to an aromatic ring is 2. The van der Waals surface area contributed by atoms with Gasteiger partial charge in [0.15, 0.2) is 0 Å². The Hall–Kier alpha value is -2.35. The highest BCUT2D eigenvalue weighted by molar-refractivity contribution is 5.50. The minimum Gasteiger partial charge on any atom is -0.392 e. The smallest absolute Gasteiger partial charge is 0.392 e. The molecule has 1 heterocycles. The molecule has 5 nitrogen and oxygen atoms in total. The van der Waals surface area contributed by atoms with E-state index in [-0.39, 0.29) is 22.9 Å². The van der Waals surface area contributed by atoms with Gasteiger partial charge in [0.05, 0.1) is 17.9 Å². The number of aromatic nitrogens is 2. The molecule has 0 amide bonds. The van der Waals surface area contributed by atoms with Crippen molar-refractivity contribution < 1.29 is 18.3 Å². The molecule has 1 atom stereocenters. The maximum atomic E-state index is 13.4.